The van der Waals surface area contributed by atoms with Gasteiger partial charge in [0.05, 0.1) is 11.4 Å². The highest BCUT2D eigenvalue weighted by molar-refractivity contribution is 7.89. The average molecular weight is 317 g/mol. The van der Waals surface area contributed by atoms with E-state index in [1.807, 2.05) is 13.8 Å². The molecule has 110 valence electrons. The quantitative estimate of drug-likeness (QED) is 0.857. The summed E-state index contributed by atoms with van der Waals surface area (Å²) in [5.74, 6) is 0. The standard InChI is InChI=1S/C13H17ClN2O3S/c1-3-8-15-10(2)9-16(13(15)17)20(18,19)12-6-4-11(14)5-7-12/h4-7,10H,3,8-9H2,1-2H3. The van der Waals surface area contributed by atoms with Gasteiger partial charge in [-0.1, -0.05) is 18.5 Å². The van der Waals surface area contributed by atoms with Crippen molar-refractivity contribution in [3.05, 3.63) is 29.3 Å². The molecule has 7 heteroatoms. The van der Waals surface area contributed by atoms with Gasteiger partial charge in [-0.2, -0.15) is 0 Å². The predicted octanol–water partition coefficient (Wildman–Crippen LogP) is 2.56. The van der Waals surface area contributed by atoms with Crippen molar-refractivity contribution in [3.8, 4) is 0 Å². The van der Waals surface area contributed by atoms with E-state index in [0.717, 1.165) is 10.7 Å². The highest BCUT2D eigenvalue weighted by atomic mass is 35.5. The molecule has 2 rings (SSSR count). The van der Waals surface area contributed by atoms with Crippen molar-refractivity contribution in [3.63, 3.8) is 0 Å². The number of benzene rings is 1. The Morgan fingerprint density at radius 2 is 1.90 bits per heavy atom. The third-order valence-electron chi connectivity index (χ3n) is 3.29. The van der Waals surface area contributed by atoms with Crippen LogP contribution >= 0.6 is 11.6 Å². The maximum Gasteiger partial charge on any atom is 0.334 e. The Balaban J connectivity index is 2.31. The Kier molecular flexibility index (Phi) is 4.25. The van der Waals surface area contributed by atoms with Crippen LogP contribution in [0.4, 0.5) is 4.79 Å². The molecule has 1 saturated heterocycles. The molecule has 0 radical (unpaired) electrons. The third kappa shape index (κ3) is 2.62. The van der Waals surface area contributed by atoms with Crippen LogP contribution in [0, 0.1) is 0 Å². The molecule has 20 heavy (non-hydrogen) atoms. The van der Waals surface area contributed by atoms with E-state index in [0.29, 0.717) is 11.6 Å². The number of sulfonamides is 1. The van der Waals surface area contributed by atoms with E-state index in [9.17, 15) is 13.2 Å². The van der Waals surface area contributed by atoms with Gasteiger partial charge < -0.3 is 4.90 Å². The molecule has 1 aromatic rings. The van der Waals surface area contributed by atoms with E-state index in [1.54, 1.807) is 4.90 Å². The molecule has 0 saturated carbocycles. The Hall–Kier alpha value is -1.27. The number of urea groups is 1. The van der Waals surface area contributed by atoms with Crippen LogP contribution in [0.3, 0.4) is 0 Å². The molecule has 1 heterocycles. The minimum absolute atomic E-state index is 0.0841. The minimum Gasteiger partial charge on any atom is -0.319 e. The second kappa shape index (κ2) is 5.61. The predicted molar refractivity (Wildman–Crippen MR) is 77.2 cm³/mol. The number of hydrogen-bond acceptors (Lipinski definition) is 3. The zero-order chi connectivity index (χ0) is 14.9. The zero-order valence-corrected chi connectivity index (χ0v) is 13.0. The van der Waals surface area contributed by atoms with E-state index < -0.39 is 16.1 Å². The van der Waals surface area contributed by atoms with Gasteiger partial charge in [0.2, 0.25) is 0 Å². The minimum atomic E-state index is -3.81. The summed E-state index contributed by atoms with van der Waals surface area (Å²) in [5, 5.41) is 0.456. The van der Waals surface area contributed by atoms with E-state index in [4.69, 9.17) is 11.6 Å². The number of amides is 2. The van der Waals surface area contributed by atoms with Crippen LogP contribution in [-0.4, -0.2) is 42.8 Å². The van der Waals surface area contributed by atoms with Crippen LogP contribution in [-0.2, 0) is 10.0 Å². The maximum absolute atomic E-state index is 12.5. The van der Waals surface area contributed by atoms with E-state index in [1.165, 1.54) is 24.3 Å². The first-order chi connectivity index (χ1) is 9.37. The number of carbonyl (C=O) groups excluding carboxylic acids is 1. The summed E-state index contributed by atoms with van der Waals surface area (Å²) >= 11 is 5.75. The van der Waals surface area contributed by atoms with E-state index >= 15 is 0 Å². The van der Waals surface area contributed by atoms with Gasteiger partial charge in [0.15, 0.2) is 0 Å². The van der Waals surface area contributed by atoms with Crippen LogP contribution in [0.5, 0.6) is 0 Å². The SMILES string of the molecule is CCCN1C(=O)N(S(=O)(=O)c2ccc(Cl)cc2)CC1C. The molecule has 1 fully saturated rings. The number of carbonyl (C=O) groups is 1. The van der Waals surface area contributed by atoms with Gasteiger partial charge in [-0.05, 0) is 37.6 Å². The molecular weight excluding hydrogens is 300 g/mol. The molecule has 1 atom stereocenters. The molecular formula is C13H17ClN2O3S. The number of hydrogen-bond donors (Lipinski definition) is 0. The lowest BCUT2D eigenvalue weighted by Crippen LogP contribution is -2.37. The van der Waals surface area contributed by atoms with Crippen molar-refractivity contribution >= 4 is 27.7 Å². The van der Waals surface area contributed by atoms with E-state index in [-0.39, 0.29) is 17.5 Å². The molecule has 0 aromatic heterocycles. The highest BCUT2D eigenvalue weighted by Gasteiger charge is 2.41. The second-order valence-electron chi connectivity index (χ2n) is 4.82. The lowest BCUT2D eigenvalue weighted by atomic mass is 10.3. The molecule has 1 aromatic carbocycles. The van der Waals surface area contributed by atoms with Crippen molar-refractivity contribution in [2.45, 2.75) is 31.2 Å². The molecule has 2 amide bonds. The Labute approximate surface area is 124 Å². The van der Waals surface area contributed by atoms with Gasteiger partial charge in [-0.15, -0.1) is 0 Å². The first kappa shape index (κ1) is 15.1. The summed E-state index contributed by atoms with van der Waals surface area (Å²) in [6, 6.07) is 5.28. The van der Waals surface area contributed by atoms with Crippen LogP contribution in [0.1, 0.15) is 20.3 Å². The van der Waals surface area contributed by atoms with Crippen molar-refractivity contribution in [2.24, 2.45) is 0 Å². The van der Waals surface area contributed by atoms with Crippen molar-refractivity contribution < 1.29 is 13.2 Å². The Morgan fingerprint density at radius 1 is 1.30 bits per heavy atom. The van der Waals surface area contributed by atoms with Gasteiger partial charge >= 0.3 is 6.03 Å². The molecule has 0 N–H and O–H groups in total. The highest BCUT2D eigenvalue weighted by Crippen LogP contribution is 2.25. The fourth-order valence-corrected chi connectivity index (χ4v) is 3.82. The van der Waals surface area contributed by atoms with Crippen LogP contribution in [0.2, 0.25) is 5.02 Å². The Morgan fingerprint density at radius 3 is 2.45 bits per heavy atom. The summed E-state index contributed by atoms with van der Waals surface area (Å²) < 4.78 is 25.9. The molecule has 1 aliphatic heterocycles. The number of rotatable bonds is 4. The summed E-state index contributed by atoms with van der Waals surface area (Å²) in [4.78, 5) is 13.9. The molecule has 0 aliphatic carbocycles. The molecule has 1 aliphatic rings. The topological polar surface area (TPSA) is 57.7 Å². The van der Waals surface area contributed by atoms with Crippen LogP contribution in [0.15, 0.2) is 29.2 Å². The first-order valence-electron chi connectivity index (χ1n) is 6.47. The summed E-state index contributed by atoms with van der Waals surface area (Å²) in [6.07, 6.45) is 0.797. The first-order valence-corrected chi connectivity index (χ1v) is 8.28. The lowest BCUT2D eigenvalue weighted by Gasteiger charge is -2.19. The Bertz CT molecular complexity index is 601. The summed E-state index contributed by atoms with van der Waals surface area (Å²) in [6.45, 7) is 4.55. The summed E-state index contributed by atoms with van der Waals surface area (Å²) in [7, 11) is -3.81. The molecule has 5 nitrogen and oxygen atoms in total. The molecule has 0 bridgehead atoms. The third-order valence-corrected chi connectivity index (χ3v) is 5.29. The average Bonchev–Trinajstić information content (AvgIpc) is 2.68. The van der Waals surface area contributed by atoms with Gasteiger partial charge in [0.25, 0.3) is 10.0 Å². The normalized spacial score (nSPS) is 19.8. The monoisotopic (exact) mass is 316 g/mol. The van der Waals surface area contributed by atoms with Gasteiger partial charge in [0, 0.05) is 17.6 Å². The largest absolute Gasteiger partial charge is 0.334 e. The van der Waals surface area contributed by atoms with Crippen LogP contribution < -0.4 is 0 Å². The van der Waals surface area contributed by atoms with Crippen molar-refractivity contribution in [1.82, 2.24) is 9.21 Å². The summed E-state index contributed by atoms with van der Waals surface area (Å²) in [5.41, 5.74) is 0. The molecule has 0 spiro atoms. The molecule has 1 unspecified atom stereocenters. The van der Waals surface area contributed by atoms with Gasteiger partial charge in [-0.3, -0.25) is 0 Å². The number of halogens is 1. The van der Waals surface area contributed by atoms with Crippen LogP contribution in [0.25, 0.3) is 0 Å². The van der Waals surface area contributed by atoms with Gasteiger partial charge in [-0.25, -0.2) is 17.5 Å². The second-order valence-corrected chi connectivity index (χ2v) is 7.11. The fourth-order valence-electron chi connectivity index (χ4n) is 2.24. The zero-order valence-electron chi connectivity index (χ0n) is 11.4. The fraction of sp³-hybridized carbons (Fsp3) is 0.462. The van der Waals surface area contributed by atoms with Gasteiger partial charge in [0.1, 0.15) is 0 Å². The smallest absolute Gasteiger partial charge is 0.319 e. The lowest BCUT2D eigenvalue weighted by molar-refractivity contribution is 0.199. The number of nitrogens with zero attached hydrogens (tertiary/aromatic N) is 2. The van der Waals surface area contributed by atoms with E-state index in [2.05, 4.69) is 0 Å². The maximum atomic E-state index is 12.5. The van der Waals surface area contributed by atoms with Crippen molar-refractivity contribution in [1.29, 1.82) is 0 Å². The van der Waals surface area contributed by atoms with Crippen molar-refractivity contribution in [2.75, 3.05) is 13.1 Å².